The van der Waals surface area contributed by atoms with Crippen molar-refractivity contribution < 1.29 is 28.5 Å². The van der Waals surface area contributed by atoms with Crippen molar-refractivity contribution >= 4 is 27.9 Å². The highest BCUT2D eigenvalue weighted by atomic mass is 79.9. The average molecular weight is 378 g/mol. The topological polar surface area (TPSA) is 74.3 Å². The van der Waals surface area contributed by atoms with E-state index < -0.39 is 40.2 Å². The zero-order chi connectivity index (χ0) is 16.3. The van der Waals surface area contributed by atoms with Gasteiger partial charge in [0.05, 0.1) is 12.0 Å². The first-order valence-electron chi connectivity index (χ1n) is 7.35. The van der Waals surface area contributed by atoms with Crippen molar-refractivity contribution in [1.29, 1.82) is 0 Å². The van der Waals surface area contributed by atoms with Gasteiger partial charge in [-0.2, -0.15) is 0 Å². The fourth-order valence-corrected chi connectivity index (χ4v) is 5.36. The third-order valence-electron chi connectivity index (χ3n) is 5.19. The SMILES string of the molecule is CCN(CC)C1C(OC)OC(=O)C12C1C(OC)OC(=O)C12Br. The number of halogens is 1. The summed E-state index contributed by atoms with van der Waals surface area (Å²) >= 11 is 3.47. The molecule has 0 N–H and O–H groups in total. The number of nitrogens with zero attached hydrogens (tertiary/aromatic N) is 1. The minimum Gasteiger partial charge on any atom is -0.434 e. The number of fused-ring (bicyclic) bond motifs is 3. The summed E-state index contributed by atoms with van der Waals surface area (Å²) in [6.45, 7) is 5.42. The molecule has 2 aliphatic heterocycles. The van der Waals surface area contributed by atoms with E-state index in [4.69, 9.17) is 18.9 Å². The van der Waals surface area contributed by atoms with E-state index in [2.05, 4.69) is 20.8 Å². The third-order valence-corrected chi connectivity index (χ3v) is 6.66. The van der Waals surface area contributed by atoms with E-state index in [1.54, 1.807) is 0 Å². The van der Waals surface area contributed by atoms with E-state index >= 15 is 0 Å². The van der Waals surface area contributed by atoms with Gasteiger partial charge in [-0.1, -0.05) is 29.8 Å². The number of rotatable bonds is 5. The van der Waals surface area contributed by atoms with Gasteiger partial charge in [0.1, 0.15) is 5.41 Å². The monoisotopic (exact) mass is 377 g/mol. The van der Waals surface area contributed by atoms with Crippen molar-refractivity contribution in [2.24, 2.45) is 11.3 Å². The van der Waals surface area contributed by atoms with Crippen LogP contribution in [0.5, 0.6) is 0 Å². The lowest BCUT2D eigenvalue weighted by atomic mass is 9.91. The van der Waals surface area contributed by atoms with E-state index in [1.807, 2.05) is 13.8 Å². The molecule has 0 radical (unpaired) electrons. The zero-order valence-electron chi connectivity index (χ0n) is 13.0. The van der Waals surface area contributed by atoms with Gasteiger partial charge in [0.2, 0.25) is 12.6 Å². The molecule has 22 heavy (non-hydrogen) atoms. The van der Waals surface area contributed by atoms with Crippen molar-refractivity contribution in [1.82, 2.24) is 4.90 Å². The molecule has 124 valence electrons. The average Bonchev–Trinajstić information content (AvgIpc) is 2.81. The summed E-state index contributed by atoms with van der Waals surface area (Å²) in [6.07, 6.45) is -1.47. The Kier molecular flexibility index (Phi) is 3.79. The van der Waals surface area contributed by atoms with Crippen LogP contribution < -0.4 is 0 Å². The Morgan fingerprint density at radius 3 is 2.14 bits per heavy atom. The van der Waals surface area contributed by atoms with Gasteiger partial charge in [-0.25, -0.2) is 0 Å². The number of alkyl halides is 1. The number of cyclic esters (lactones) is 2. The summed E-state index contributed by atoms with van der Waals surface area (Å²) in [5.41, 5.74) is -1.03. The summed E-state index contributed by atoms with van der Waals surface area (Å²) in [5.74, 6) is -1.33. The van der Waals surface area contributed by atoms with Crippen LogP contribution in [-0.4, -0.2) is 67.1 Å². The quantitative estimate of drug-likeness (QED) is 0.510. The summed E-state index contributed by atoms with van der Waals surface area (Å²) < 4.78 is 20.2. The van der Waals surface area contributed by atoms with E-state index in [1.165, 1.54) is 14.2 Å². The maximum absolute atomic E-state index is 12.7. The molecule has 2 heterocycles. The van der Waals surface area contributed by atoms with Crippen molar-refractivity contribution in [2.45, 2.75) is 36.8 Å². The minimum absolute atomic E-state index is 0.366. The van der Waals surface area contributed by atoms with Crippen LogP contribution in [0.15, 0.2) is 0 Å². The normalized spacial score (nSPS) is 46.1. The van der Waals surface area contributed by atoms with Gasteiger partial charge in [0.15, 0.2) is 4.32 Å². The summed E-state index contributed by atoms with van der Waals surface area (Å²) in [6, 6.07) is -0.366. The second-order valence-corrected chi connectivity index (χ2v) is 6.99. The van der Waals surface area contributed by atoms with Crippen LogP contribution in [0.3, 0.4) is 0 Å². The molecule has 1 spiro atoms. The number of hydrogen-bond donors (Lipinski definition) is 0. The fraction of sp³-hybridized carbons (Fsp3) is 0.857. The molecule has 7 nitrogen and oxygen atoms in total. The van der Waals surface area contributed by atoms with Crippen molar-refractivity contribution in [3.63, 3.8) is 0 Å². The molecule has 3 rings (SSSR count). The predicted octanol–water partition coefficient (Wildman–Crippen LogP) is 0.505. The molecule has 1 saturated carbocycles. The van der Waals surface area contributed by atoms with Crippen LogP contribution >= 0.6 is 15.9 Å². The Hall–Kier alpha value is -0.700. The number of likely N-dealkylation sites (N-methyl/N-ethyl adjacent to an activating group) is 1. The Morgan fingerprint density at radius 1 is 1.09 bits per heavy atom. The van der Waals surface area contributed by atoms with E-state index in [9.17, 15) is 9.59 Å². The van der Waals surface area contributed by atoms with Gasteiger partial charge in [-0.05, 0) is 13.1 Å². The number of hydrogen-bond acceptors (Lipinski definition) is 7. The minimum atomic E-state index is -1.10. The summed E-state index contributed by atoms with van der Waals surface area (Å²) in [4.78, 5) is 27.1. The summed E-state index contributed by atoms with van der Waals surface area (Å²) in [7, 11) is 2.96. The molecule has 8 heteroatoms. The molecule has 2 saturated heterocycles. The molecule has 0 aromatic carbocycles. The van der Waals surface area contributed by atoms with E-state index in [-0.39, 0.29) is 6.04 Å². The van der Waals surface area contributed by atoms with Crippen LogP contribution in [-0.2, 0) is 28.5 Å². The third kappa shape index (κ3) is 1.56. The van der Waals surface area contributed by atoms with Crippen molar-refractivity contribution in [3.8, 4) is 0 Å². The lowest BCUT2D eigenvalue weighted by Crippen LogP contribution is -2.51. The first kappa shape index (κ1) is 16.2. The van der Waals surface area contributed by atoms with Crippen molar-refractivity contribution in [2.75, 3.05) is 27.3 Å². The molecule has 6 atom stereocenters. The second kappa shape index (κ2) is 5.15. The molecule has 3 fully saturated rings. The van der Waals surface area contributed by atoms with Crippen LogP contribution in [0, 0.1) is 11.3 Å². The van der Waals surface area contributed by atoms with Crippen LogP contribution in [0.25, 0.3) is 0 Å². The Labute approximate surface area is 137 Å². The molecule has 3 aliphatic rings. The molecular weight excluding hydrogens is 358 g/mol. The van der Waals surface area contributed by atoms with E-state index in [0.717, 1.165) is 0 Å². The number of methoxy groups -OCH3 is 2. The second-order valence-electron chi connectivity index (χ2n) is 5.74. The predicted molar refractivity (Wildman–Crippen MR) is 78.1 cm³/mol. The van der Waals surface area contributed by atoms with E-state index in [0.29, 0.717) is 13.1 Å². The van der Waals surface area contributed by atoms with Gasteiger partial charge in [0, 0.05) is 14.2 Å². The highest BCUT2D eigenvalue weighted by Crippen LogP contribution is 2.77. The van der Waals surface area contributed by atoms with Crippen molar-refractivity contribution in [3.05, 3.63) is 0 Å². The van der Waals surface area contributed by atoms with Gasteiger partial charge in [-0.15, -0.1) is 0 Å². The van der Waals surface area contributed by atoms with Gasteiger partial charge in [0.25, 0.3) is 0 Å². The Morgan fingerprint density at radius 2 is 1.64 bits per heavy atom. The fourth-order valence-electron chi connectivity index (χ4n) is 4.16. The molecule has 0 bridgehead atoms. The molecule has 0 aromatic heterocycles. The van der Waals surface area contributed by atoms with Gasteiger partial charge >= 0.3 is 11.9 Å². The Bertz CT molecular complexity index is 512. The molecule has 0 aromatic rings. The maximum Gasteiger partial charge on any atom is 0.327 e. The lowest BCUT2D eigenvalue weighted by molar-refractivity contribution is -0.175. The van der Waals surface area contributed by atoms with Crippen LogP contribution in [0.4, 0.5) is 0 Å². The number of esters is 2. The summed E-state index contributed by atoms with van der Waals surface area (Å²) in [5, 5.41) is 0. The number of carbonyl (C=O) groups is 2. The standard InChI is InChI=1S/C14H20BrNO6/c1-5-16(6-2)8-10(20-4)22-11(17)13(8)7-9(19-3)21-12(18)14(7,13)15/h7-10H,5-6H2,1-4H3. The molecule has 6 unspecified atom stereocenters. The molecular formula is C14H20BrNO6. The maximum atomic E-state index is 12.7. The molecule has 0 amide bonds. The largest absolute Gasteiger partial charge is 0.434 e. The van der Waals surface area contributed by atoms with Gasteiger partial charge in [-0.3, -0.25) is 14.5 Å². The highest BCUT2D eigenvalue weighted by Gasteiger charge is 2.96. The number of carbonyl (C=O) groups excluding carboxylic acids is 2. The smallest absolute Gasteiger partial charge is 0.327 e. The Balaban J connectivity index is 2.08. The molecule has 1 aliphatic carbocycles. The lowest BCUT2D eigenvalue weighted by Gasteiger charge is -2.33. The highest BCUT2D eigenvalue weighted by molar-refractivity contribution is 9.10. The number of ether oxygens (including phenoxy) is 4. The van der Waals surface area contributed by atoms with Crippen LogP contribution in [0.2, 0.25) is 0 Å². The first-order valence-corrected chi connectivity index (χ1v) is 8.15. The zero-order valence-corrected chi connectivity index (χ0v) is 14.6. The first-order chi connectivity index (χ1) is 10.4. The van der Waals surface area contributed by atoms with Crippen LogP contribution in [0.1, 0.15) is 13.8 Å². The van der Waals surface area contributed by atoms with Gasteiger partial charge < -0.3 is 18.9 Å².